The van der Waals surface area contributed by atoms with Crippen molar-refractivity contribution < 1.29 is 4.74 Å². The van der Waals surface area contributed by atoms with E-state index in [0.29, 0.717) is 5.88 Å². The van der Waals surface area contributed by atoms with E-state index >= 15 is 0 Å². The van der Waals surface area contributed by atoms with Crippen molar-refractivity contribution in [1.29, 1.82) is 0 Å². The molecule has 1 atom stereocenters. The maximum atomic E-state index is 5.51. The van der Waals surface area contributed by atoms with Crippen molar-refractivity contribution in [1.82, 2.24) is 15.5 Å². The zero-order valence-electron chi connectivity index (χ0n) is 8.85. The second-order valence-corrected chi connectivity index (χ2v) is 3.91. The highest BCUT2D eigenvalue weighted by molar-refractivity contribution is 5.04. The second-order valence-electron chi connectivity index (χ2n) is 3.91. The van der Waals surface area contributed by atoms with Gasteiger partial charge < -0.3 is 10.1 Å². The lowest BCUT2D eigenvalue weighted by Gasteiger charge is -2.22. The van der Waals surface area contributed by atoms with Crippen molar-refractivity contribution >= 4 is 0 Å². The monoisotopic (exact) mass is 207 g/mol. The smallest absolute Gasteiger partial charge is 0.233 e. The summed E-state index contributed by atoms with van der Waals surface area (Å²) in [5, 5.41) is 11.0. The molecule has 0 spiro atoms. The normalized spacial score (nSPS) is 21.2. The van der Waals surface area contributed by atoms with E-state index in [1.807, 2.05) is 12.1 Å². The van der Waals surface area contributed by atoms with Crippen molar-refractivity contribution in [3.05, 3.63) is 18.3 Å². The fourth-order valence-corrected chi connectivity index (χ4v) is 1.86. The molecule has 1 fully saturated rings. The Balaban J connectivity index is 1.66. The minimum absolute atomic E-state index is 0.626. The van der Waals surface area contributed by atoms with Crippen molar-refractivity contribution in [3.63, 3.8) is 0 Å². The standard InChI is InChI=1S/C11H17N3O/c1-3-10(9-12-6-1)5-8-15-11-4-2-7-13-14-11/h2,4,7,10,12H,1,3,5-6,8-9H2. The van der Waals surface area contributed by atoms with Crippen LogP contribution in [0.3, 0.4) is 0 Å². The van der Waals surface area contributed by atoms with E-state index < -0.39 is 0 Å². The summed E-state index contributed by atoms with van der Waals surface area (Å²) in [6.45, 7) is 3.04. The summed E-state index contributed by atoms with van der Waals surface area (Å²) in [5.41, 5.74) is 0. The van der Waals surface area contributed by atoms with Gasteiger partial charge >= 0.3 is 0 Å². The summed E-state index contributed by atoms with van der Waals surface area (Å²) >= 11 is 0. The SMILES string of the molecule is c1cnnc(OCCC2CCCNC2)c1. The lowest BCUT2D eigenvalue weighted by Crippen LogP contribution is -2.30. The van der Waals surface area contributed by atoms with Crippen LogP contribution in [0.25, 0.3) is 0 Å². The predicted octanol–water partition coefficient (Wildman–Crippen LogP) is 1.25. The van der Waals surface area contributed by atoms with Crippen LogP contribution in [0.4, 0.5) is 0 Å². The highest BCUT2D eigenvalue weighted by Crippen LogP contribution is 2.14. The number of hydrogen-bond donors (Lipinski definition) is 1. The molecule has 1 aromatic heterocycles. The first-order valence-corrected chi connectivity index (χ1v) is 5.56. The fraction of sp³-hybridized carbons (Fsp3) is 0.636. The molecule has 1 aromatic rings. The first-order chi connectivity index (χ1) is 7.45. The van der Waals surface area contributed by atoms with Gasteiger partial charge in [-0.25, -0.2) is 0 Å². The molecule has 4 nitrogen and oxygen atoms in total. The number of hydrogen-bond acceptors (Lipinski definition) is 4. The third-order valence-electron chi connectivity index (χ3n) is 2.72. The zero-order valence-corrected chi connectivity index (χ0v) is 8.85. The largest absolute Gasteiger partial charge is 0.477 e. The minimum atomic E-state index is 0.626. The van der Waals surface area contributed by atoms with E-state index in [2.05, 4.69) is 15.5 Å². The number of nitrogens with zero attached hydrogens (tertiary/aromatic N) is 2. The predicted molar refractivity (Wildman–Crippen MR) is 57.7 cm³/mol. The molecule has 1 unspecified atom stereocenters. The Labute approximate surface area is 90.1 Å². The average molecular weight is 207 g/mol. The molecule has 0 aromatic carbocycles. The van der Waals surface area contributed by atoms with Gasteiger partial charge in [0.15, 0.2) is 0 Å². The fourth-order valence-electron chi connectivity index (χ4n) is 1.86. The number of nitrogens with one attached hydrogen (secondary N) is 1. The first-order valence-electron chi connectivity index (χ1n) is 5.56. The van der Waals surface area contributed by atoms with Gasteiger partial charge in [0.25, 0.3) is 0 Å². The lowest BCUT2D eigenvalue weighted by molar-refractivity contribution is 0.245. The summed E-state index contributed by atoms with van der Waals surface area (Å²) in [6.07, 6.45) is 5.36. The Bertz CT molecular complexity index is 272. The van der Waals surface area contributed by atoms with Crippen LogP contribution in [0.15, 0.2) is 18.3 Å². The third-order valence-corrected chi connectivity index (χ3v) is 2.72. The van der Waals surface area contributed by atoms with Crippen LogP contribution in [0, 0.1) is 5.92 Å². The highest BCUT2D eigenvalue weighted by atomic mass is 16.5. The van der Waals surface area contributed by atoms with Crippen LogP contribution in [-0.4, -0.2) is 29.9 Å². The van der Waals surface area contributed by atoms with Gasteiger partial charge in [-0.15, -0.1) is 5.10 Å². The van der Waals surface area contributed by atoms with E-state index in [0.717, 1.165) is 25.5 Å². The molecule has 0 aliphatic carbocycles. The molecule has 15 heavy (non-hydrogen) atoms. The molecule has 1 aliphatic heterocycles. The van der Waals surface area contributed by atoms with Gasteiger partial charge in [0, 0.05) is 12.3 Å². The second kappa shape index (κ2) is 5.66. The van der Waals surface area contributed by atoms with Gasteiger partial charge in [-0.3, -0.25) is 0 Å². The molecule has 1 N–H and O–H groups in total. The number of rotatable bonds is 4. The van der Waals surface area contributed by atoms with Crippen LogP contribution in [0.1, 0.15) is 19.3 Å². The van der Waals surface area contributed by atoms with E-state index in [1.54, 1.807) is 6.20 Å². The Morgan fingerprint density at radius 3 is 3.27 bits per heavy atom. The Morgan fingerprint density at radius 2 is 2.53 bits per heavy atom. The molecule has 4 heteroatoms. The molecule has 1 aliphatic rings. The molecular weight excluding hydrogens is 190 g/mol. The molecule has 0 radical (unpaired) electrons. The quantitative estimate of drug-likeness (QED) is 0.807. The summed E-state index contributed by atoms with van der Waals surface area (Å²) in [6, 6.07) is 3.68. The Kier molecular flexibility index (Phi) is 3.91. The summed E-state index contributed by atoms with van der Waals surface area (Å²) in [7, 11) is 0. The maximum Gasteiger partial charge on any atom is 0.233 e. The molecule has 2 rings (SSSR count). The van der Waals surface area contributed by atoms with Gasteiger partial charge in [-0.1, -0.05) is 0 Å². The van der Waals surface area contributed by atoms with E-state index in [4.69, 9.17) is 4.74 Å². The molecule has 2 heterocycles. The van der Waals surface area contributed by atoms with Crippen molar-refractivity contribution in [3.8, 4) is 5.88 Å². The third kappa shape index (κ3) is 3.47. The van der Waals surface area contributed by atoms with Crippen LogP contribution < -0.4 is 10.1 Å². The molecule has 1 saturated heterocycles. The Morgan fingerprint density at radius 1 is 1.53 bits per heavy atom. The summed E-state index contributed by atoms with van der Waals surface area (Å²) in [4.78, 5) is 0. The van der Waals surface area contributed by atoms with Gasteiger partial charge in [-0.05, 0) is 44.3 Å². The molecule has 0 bridgehead atoms. The lowest BCUT2D eigenvalue weighted by atomic mass is 9.97. The highest BCUT2D eigenvalue weighted by Gasteiger charge is 2.12. The topological polar surface area (TPSA) is 47.0 Å². The van der Waals surface area contributed by atoms with E-state index in [1.165, 1.54) is 19.4 Å². The van der Waals surface area contributed by atoms with Crippen LogP contribution in [-0.2, 0) is 0 Å². The molecule has 0 amide bonds. The first kappa shape index (κ1) is 10.4. The van der Waals surface area contributed by atoms with Gasteiger partial charge in [0.1, 0.15) is 0 Å². The van der Waals surface area contributed by atoms with Crippen molar-refractivity contribution in [2.45, 2.75) is 19.3 Å². The average Bonchev–Trinajstić information content (AvgIpc) is 2.32. The zero-order chi connectivity index (χ0) is 10.3. The van der Waals surface area contributed by atoms with Crippen LogP contribution >= 0.6 is 0 Å². The number of aromatic nitrogens is 2. The minimum Gasteiger partial charge on any atom is -0.477 e. The van der Waals surface area contributed by atoms with Gasteiger partial charge in [0.05, 0.1) is 6.61 Å². The van der Waals surface area contributed by atoms with Crippen molar-refractivity contribution in [2.75, 3.05) is 19.7 Å². The Hall–Kier alpha value is -1.16. The van der Waals surface area contributed by atoms with E-state index in [9.17, 15) is 0 Å². The van der Waals surface area contributed by atoms with Crippen LogP contribution in [0.2, 0.25) is 0 Å². The summed E-state index contributed by atoms with van der Waals surface area (Å²) in [5.74, 6) is 1.39. The maximum absolute atomic E-state index is 5.51. The molecule has 82 valence electrons. The number of piperidine rings is 1. The van der Waals surface area contributed by atoms with E-state index in [-0.39, 0.29) is 0 Å². The molecule has 0 saturated carbocycles. The summed E-state index contributed by atoms with van der Waals surface area (Å²) < 4.78 is 5.51. The van der Waals surface area contributed by atoms with Crippen LogP contribution in [0.5, 0.6) is 5.88 Å². The van der Waals surface area contributed by atoms with Crippen molar-refractivity contribution in [2.24, 2.45) is 5.92 Å². The van der Waals surface area contributed by atoms with Gasteiger partial charge in [-0.2, -0.15) is 5.10 Å². The van der Waals surface area contributed by atoms with Gasteiger partial charge in [0.2, 0.25) is 5.88 Å². The molecular formula is C11H17N3O. The number of ether oxygens (including phenoxy) is 1.